The van der Waals surface area contributed by atoms with E-state index >= 15 is 0 Å². The van der Waals surface area contributed by atoms with E-state index in [1.807, 2.05) is 41.3 Å². The molecule has 1 heterocycles. The predicted molar refractivity (Wildman–Crippen MR) is 119 cm³/mol. The van der Waals surface area contributed by atoms with Gasteiger partial charge < -0.3 is 19.7 Å². The molecular formula is C24H31N3O4. The minimum Gasteiger partial charge on any atom is -0.497 e. The third kappa shape index (κ3) is 5.76. The van der Waals surface area contributed by atoms with Crippen LogP contribution in [0.1, 0.15) is 35.3 Å². The number of urea groups is 1. The Morgan fingerprint density at radius 3 is 2.29 bits per heavy atom. The molecule has 1 aliphatic heterocycles. The summed E-state index contributed by atoms with van der Waals surface area (Å²) in [7, 11) is 3.01. The van der Waals surface area contributed by atoms with Crippen molar-refractivity contribution in [3.8, 4) is 5.75 Å². The zero-order chi connectivity index (χ0) is 22.4. The van der Waals surface area contributed by atoms with Crippen LogP contribution >= 0.6 is 0 Å². The summed E-state index contributed by atoms with van der Waals surface area (Å²) in [4.78, 5) is 28.6. The smallest absolute Gasteiger partial charge is 0.337 e. The van der Waals surface area contributed by atoms with Gasteiger partial charge in [-0.15, -0.1) is 0 Å². The van der Waals surface area contributed by atoms with Crippen molar-refractivity contribution in [3.05, 3.63) is 65.2 Å². The van der Waals surface area contributed by atoms with Gasteiger partial charge in [-0.25, -0.2) is 9.59 Å². The summed E-state index contributed by atoms with van der Waals surface area (Å²) in [5, 5.41) is 3.02. The lowest BCUT2D eigenvalue weighted by molar-refractivity contribution is 0.0491. The molecular weight excluding hydrogens is 394 g/mol. The van der Waals surface area contributed by atoms with Crippen molar-refractivity contribution in [2.45, 2.75) is 39.0 Å². The van der Waals surface area contributed by atoms with Crippen molar-refractivity contribution >= 4 is 12.0 Å². The van der Waals surface area contributed by atoms with E-state index in [1.165, 1.54) is 7.11 Å². The minimum absolute atomic E-state index is 0.0522. The Morgan fingerprint density at radius 1 is 1.00 bits per heavy atom. The third-order valence-electron chi connectivity index (χ3n) is 5.71. The highest BCUT2D eigenvalue weighted by Crippen LogP contribution is 2.20. The number of esters is 1. The maximum absolute atomic E-state index is 12.7. The number of methoxy groups -OCH3 is 2. The Labute approximate surface area is 183 Å². The Morgan fingerprint density at radius 2 is 1.68 bits per heavy atom. The molecule has 0 aliphatic carbocycles. The molecule has 3 rings (SSSR count). The molecule has 0 saturated carbocycles. The van der Waals surface area contributed by atoms with E-state index in [0.29, 0.717) is 25.2 Å². The molecule has 0 aromatic heterocycles. The second-order valence-corrected chi connectivity index (χ2v) is 7.97. The molecule has 166 valence electrons. The lowest BCUT2D eigenvalue weighted by Gasteiger charge is -2.44. The number of nitrogens with zero attached hydrogens (tertiary/aromatic N) is 2. The van der Waals surface area contributed by atoms with Gasteiger partial charge in [-0.1, -0.05) is 24.3 Å². The van der Waals surface area contributed by atoms with Gasteiger partial charge in [0.05, 0.1) is 19.8 Å². The average molecular weight is 426 g/mol. The van der Waals surface area contributed by atoms with E-state index in [-0.39, 0.29) is 24.1 Å². The summed E-state index contributed by atoms with van der Waals surface area (Å²) in [6.07, 6.45) is 0. The Balaban J connectivity index is 1.55. The molecule has 7 heteroatoms. The Kier molecular flexibility index (Phi) is 7.52. The number of hydrogen-bond acceptors (Lipinski definition) is 5. The molecule has 2 amide bonds. The van der Waals surface area contributed by atoms with Crippen LogP contribution in [0, 0.1) is 0 Å². The summed E-state index contributed by atoms with van der Waals surface area (Å²) in [6.45, 7) is 6.83. The fraction of sp³-hybridized carbons (Fsp3) is 0.417. The number of nitrogens with one attached hydrogen (secondary N) is 1. The summed E-state index contributed by atoms with van der Waals surface area (Å²) in [6, 6.07) is 15.6. The molecule has 2 atom stereocenters. The molecule has 0 bridgehead atoms. The first-order chi connectivity index (χ1) is 14.9. The zero-order valence-electron chi connectivity index (χ0n) is 18.6. The van der Waals surface area contributed by atoms with Crippen LogP contribution in [-0.2, 0) is 17.8 Å². The highest BCUT2D eigenvalue weighted by molar-refractivity contribution is 5.89. The Bertz CT molecular complexity index is 888. The topological polar surface area (TPSA) is 71.1 Å². The summed E-state index contributed by atoms with van der Waals surface area (Å²) < 4.78 is 9.99. The first-order valence-corrected chi connectivity index (χ1v) is 10.5. The molecule has 1 aliphatic rings. The number of ether oxygens (including phenoxy) is 2. The number of rotatable bonds is 6. The first kappa shape index (κ1) is 22.6. The van der Waals surface area contributed by atoms with Crippen molar-refractivity contribution in [2.24, 2.45) is 0 Å². The molecule has 1 saturated heterocycles. The molecule has 2 aromatic carbocycles. The first-order valence-electron chi connectivity index (χ1n) is 10.5. The van der Waals surface area contributed by atoms with E-state index in [9.17, 15) is 9.59 Å². The molecule has 0 radical (unpaired) electrons. The van der Waals surface area contributed by atoms with Gasteiger partial charge in [0.25, 0.3) is 0 Å². The molecule has 7 nitrogen and oxygen atoms in total. The molecule has 0 unspecified atom stereocenters. The van der Waals surface area contributed by atoms with Gasteiger partial charge >= 0.3 is 12.0 Å². The normalized spacial score (nSPS) is 19.0. The van der Waals surface area contributed by atoms with Gasteiger partial charge in [0.2, 0.25) is 0 Å². The number of amides is 2. The van der Waals surface area contributed by atoms with Crippen LogP contribution in [0.25, 0.3) is 0 Å². The number of carbonyl (C=O) groups is 2. The monoisotopic (exact) mass is 425 g/mol. The lowest BCUT2D eigenvalue weighted by Crippen LogP contribution is -2.59. The number of benzene rings is 2. The van der Waals surface area contributed by atoms with E-state index in [2.05, 4.69) is 24.1 Å². The van der Waals surface area contributed by atoms with Crippen molar-refractivity contribution in [1.29, 1.82) is 0 Å². The van der Waals surface area contributed by atoms with Gasteiger partial charge in [0, 0.05) is 38.3 Å². The predicted octanol–water partition coefficient (Wildman–Crippen LogP) is 3.29. The molecule has 1 N–H and O–H groups in total. The van der Waals surface area contributed by atoms with Crippen LogP contribution in [0.15, 0.2) is 48.5 Å². The van der Waals surface area contributed by atoms with Crippen LogP contribution in [-0.4, -0.2) is 61.2 Å². The van der Waals surface area contributed by atoms with Crippen molar-refractivity contribution in [3.63, 3.8) is 0 Å². The maximum Gasteiger partial charge on any atom is 0.337 e. The van der Waals surface area contributed by atoms with Crippen LogP contribution in [0.5, 0.6) is 5.75 Å². The van der Waals surface area contributed by atoms with E-state index in [4.69, 9.17) is 9.47 Å². The lowest BCUT2D eigenvalue weighted by atomic mass is 10.1. The molecule has 2 aromatic rings. The largest absolute Gasteiger partial charge is 0.497 e. The standard InChI is InChI=1S/C24H31N3O4/c1-17-14-26(24(29)25-13-20-6-5-7-22(12-20)30-3)15-18(2)27(17)16-19-8-10-21(11-9-19)23(28)31-4/h5-12,17-18H,13-16H2,1-4H3,(H,25,29)/t17-,18+. The van der Waals surface area contributed by atoms with Crippen molar-refractivity contribution in [2.75, 3.05) is 27.3 Å². The van der Waals surface area contributed by atoms with E-state index < -0.39 is 0 Å². The third-order valence-corrected chi connectivity index (χ3v) is 5.71. The average Bonchev–Trinajstić information content (AvgIpc) is 2.79. The number of carbonyl (C=O) groups excluding carboxylic acids is 2. The van der Waals surface area contributed by atoms with Gasteiger partial charge in [-0.2, -0.15) is 0 Å². The van der Waals surface area contributed by atoms with Gasteiger partial charge in [-0.05, 0) is 49.2 Å². The summed E-state index contributed by atoms with van der Waals surface area (Å²) in [5.41, 5.74) is 2.68. The van der Waals surface area contributed by atoms with E-state index in [0.717, 1.165) is 23.4 Å². The summed E-state index contributed by atoms with van der Waals surface area (Å²) >= 11 is 0. The highest BCUT2D eigenvalue weighted by Gasteiger charge is 2.31. The van der Waals surface area contributed by atoms with Gasteiger partial charge in [0.1, 0.15) is 5.75 Å². The fourth-order valence-corrected chi connectivity index (χ4v) is 3.98. The fourth-order valence-electron chi connectivity index (χ4n) is 3.98. The van der Waals surface area contributed by atoms with Crippen molar-refractivity contribution < 1.29 is 19.1 Å². The molecule has 1 fully saturated rings. The number of piperazine rings is 1. The second-order valence-electron chi connectivity index (χ2n) is 7.97. The van der Waals surface area contributed by atoms with Crippen LogP contribution in [0.3, 0.4) is 0 Å². The van der Waals surface area contributed by atoms with Crippen LogP contribution in [0.2, 0.25) is 0 Å². The highest BCUT2D eigenvalue weighted by atomic mass is 16.5. The minimum atomic E-state index is -0.332. The SMILES string of the molecule is COC(=O)c1ccc(CN2[C@H](C)CN(C(=O)NCc3cccc(OC)c3)C[C@@H]2C)cc1. The summed E-state index contributed by atoms with van der Waals surface area (Å²) in [5.74, 6) is 0.448. The quantitative estimate of drug-likeness (QED) is 0.719. The molecule has 31 heavy (non-hydrogen) atoms. The van der Waals surface area contributed by atoms with E-state index in [1.54, 1.807) is 19.2 Å². The zero-order valence-corrected chi connectivity index (χ0v) is 18.6. The van der Waals surface area contributed by atoms with Gasteiger partial charge in [-0.3, -0.25) is 4.90 Å². The Hall–Kier alpha value is -3.06. The number of hydrogen-bond donors (Lipinski definition) is 1. The molecule has 0 spiro atoms. The van der Waals surface area contributed by atoms with Crippen LogP contribution in [0.4, 0.5) is 4.79 Å². The van der Waals surface area contributed by atoms with Crippen molar-refractivity contribution in [1.82, 2.24) is 15.1 Å². The maximum atomic E-state index is 12.7. The van der Waals surface area contributed by atoms with Gasteiger partial charge in [0.15, 0.2) is 0 Å². The second kappa shape index (κ2) is 10.3. The van der Waals surface area contributed by atoms with Crippen LogP contribution < -0.4 is 10.1 Å².